The maximum atomic E-state index is 6.02. The Morgan fingerprint density at radius 3 is 2.56 bits per heavy atom. The number of nitrogens with zero attached hydrogens (tertiary/aromatic N) is 1. The molecule has 0 saturated carbocycles. The Morgan fingerprint density at radius 1 is 1.28 bits per heavy atom. The van der Waals surface area contributed by atoms with Crippen LogP contribution in [0.2, 0.25) is 5.02 Å². The van der Waals surface area contributed by atoms with E-state index in [1.807, 2.05) is 19.2 Å². The summed E-state index contributed by atoms with van der Waals surface area (Å²) in [6, 6.07) is 8.67. The van der Waals surface area contributed by atoms with Crippen LogP contribution >= 0.6 is 11.6 Å². The fraction of sp³-hybridized carbons (Fsp3) is 0.600. The zero-order valence-electron chi connectivity index (χ0n) is 11.7. The lowest BCUT2D eigenvalue weighted by Gasteiger charge is -2.22. The van der Waals surface area contributed by atoms with Crippen molar-refractivity contribution < 1.29 is 0 Å². The maximum absolute atomic E-state index is 6.02. The molecule has 0 heterocycles. The highest BCUT2D eigenvalue weighted by molar-refractivity contribution is 6.30. The number of hydrogen-bond acceptors (Lipinski definition) is 2. The average Bonchev–Trinajstić information content (AvgIpc) is 2.38. The van der Waals surface area contributed by atoms with Gasteiger partial charge in [-0.2, -0.15) is 0 Å². The third-order valence-electron chi connectivity index (χ3n) is 3.47. The summed E-state index contributed by atoms with van der Waals surface area (Å²) in [4.78, 5) is 2.46. The van der Waals surface area contributed by atoms with Crippen molar-refractivity contribution in [2.45, 2.75) is 32.7 Å². The monoisotopic (exact) mass is 268 g/mol. The van der Waals surface area contributed by atoms with Crippen molar-refractivity contribution >= 4 is 11.6 Å². The van der Waals surface area contributed by atoms with E-state index in [2.05, 4.69) is 36.2 Å². The number of rotatable bonds is 8. The van der Waals surface area contributed by atoms with E-state index in [0.717, 1.165) is 31.1 Å². The maximum Gasteiger partial charge on any atom is 0.0408 e. The molecule has 0 aliphatic heterocycles. The number of likely N-dealkylation sites (N-methyl/N-ethyl adjacent to an activating group) is 1. The fourth-order valence-corrected chi connectivity index (χ4v) is 2.39. The van der Waals surface area contributed by atoms with Gasteiger partial charge >= 0.3 is 0 Å². The fourth-order valence-electron chi connectivity index (χ4n) is 2.18. The van der Waals surface area contributed by atoms with Crippen LogP contribution in [0, 0.1) is 0 Å². The van der Waals surface area contributed by atoms with Gasteiger partial charge in [-0.25, -0.2) is 0 Å². The number of halogens is 1. The quantitative estimate of drug-likeness (QED) is 0.779. The molecular formula is C15H25ClN2. The van der Waals surface area contributed by atoms with Gasteiger partial charge in [0.05, 0.1) is 0 Å². The first-order chi connectivity index (χ1) is 8.69. The Balaban J connectivity index is 2.46. The standard InChI is InChI=1S/C15H25ClN2/c1-4-18(5-2)10-9-15(17-3)12-13-7-6-8-14(16)11-13/h6-8,11,15,17H,4-5,9-10,12H2,1-3H3. The summed E-state index contributed by atoms with van der Waals surface area (Å²) in [6.45, 7) is 7.84. The zero-order chi connectivity index (χ0) is 13.4. The van der Waals surface area contributed by atoms with Gasteiger partial charge in [0.25, 0.3) is 0 Å². The van der Waals surface area contributed by atoms with E-state index in [1.54, 1.807) is 0 Å². The van der Waals surface area contributed by atoms with Gasteiger partial charge in [-0.3, -0.25) is 0 Å². The van der Waals surface area contributed by atoms with E-state index >= 15 is 0 Å². The van der Waals surface area contributed by atoms with Gasteiger partial charge in [0.15, 0.2) is 0 Å². The Hall–Kier alpha value is -0.570. The predicted molar refractivity (Wildman–Crippen MR) is 80.4 cm³/mol. The Morgan fingerprint density at radius 2 is 2.00 bits per heavy atom. The second-order valence-electron chi connectivity index (χ2n) is 4.64. The molecule has 18 heavy (non-hydrogen) atoms. The molecule has 0 aromatic heterocycles. The Labute approximate surface area is 116 Å². The Kier molecular flexibility index (Phi) is 7.33. The molecule has 0 saturated heterocycles. The predicted octanol–water partition coefficient (Wildman–Crippen LogP) is 3.20. The van der Waals surface area contributed by atoms with Crippen molar-refractivity contribution in [3.63, 3.8) is 0 Å². The minimum absolute atomic E-state index is 0.518. The van der Waals surface area contributed by atoms with Crippen molar-refractivity contribution in [3.05, 3.63) is 34.9 Å². The summed E-state index contributed by atoms with van der Waals surface area (Å²) in [5.74, 6) is 0. The van der Waals surface area contributed by atoms with E-state index in [4.69, 9.17) is 11.6 Å². The minimum atomic E-state index is 0.518. The van der Waals surface area contributed by atoms with Gasteiger partial charge in [0.1, 0.15) is 0 Å². The number of nitrogens with one attached hydrogen (secondary N) is 1. The molecule has 1 aromatic rings. The molecule has 2 nitrogen and oxygen atoms in total. The molecule has 1 atom stereocenters. The highest BCUT2D eigenvalue weighted by atomic mass is 35.5. The van der Waals surface area contributed by atoms with Crippen LogP contribution in [0.25, 0.3) is 0 Å². The summed E-state index contributed by atoms with van der Waals surface area (Å²) in [5, 5.41) is 4.23. The van der Waals surface area contributed by atoms with Gasteiger partial charge in [-0.05, 0) is 57.2 Å². The lowest BCUT2D eigenvalue weighted by atomic mass is 10.0. The van der Waals surface area contributed by atoms with Crippen LogP contribution in [0.5, 0.6) is 0 Å². The van der Waals surface area contributed by atoms with E-state index in [-0.39, 0.29) is 0 Å². The van der Waals surface area contributed by atoms with Crippen LogP contribution in [0.3, 0.4) is 0 Å². The molecule has 1 unspecified atom stereocenters. The summed E-state index contributed by atoms with van der Waals surface area (Å²) in [6.07, 6.45) is 2.21. The van der Waals surface area contributed by atoms with Crippen molar-refractivity contribution in [1.82, 2.24) is 10.2 Å². The van der Waals surface area contributed by atoms with Crippen LogP contribution in [0.15, 0.2) is 24.3 Å². The van der Waals surface area contributed by atoms with Gasteiger partial charge < -0.3 is 10.2 Å². The van der Waals surface area contributed by atoms with Crippen LogP contribution in [-0.2, 0) is 6.42 Å². The Bertz CT molecular complexity index is 337. The average molecular weight is 269 g/mol. The first kappa shape index (κ1) is 15.5. The highest BCUT2D eigenvalue weighted by Crippen LogP contribution is 2.13. The molecule has 1 aromatic carbocycles. The minimum Gasteiger partial charge on any atom is -0.317 e. The van der Waals surface area contributed by atoms with E-state index in [9.17, 15) is 0 Å². The normalized spacial score (nSPS) is 12.9. The van der Waals surface area contributed by atoms with E-state index in [1.165, 1.54) is 12.0 Å². The molecule has 0 bridgehead atoms. The number of hydrogen-bond donors (Lipinski definition) is 1. The van der Waals surface area contributed by atoms with Crippen LogP contribution in [0.4, 0.5) is 0 Å². The summed E-state index contributed by atoms with van der Waals surface area (Å²) < 4.78 is 0. The summed E-state index contributed by atoms with van der Waals surface area (Å²) in [5.41, 5.74) is 1.31. The second kappa shape index (κ2) is 8.52. The van der Waals surface area contributed by atoms with Crippen molar-refractivity contribution in [2.24, 2.45) is 0 Å². The summed E-state index contributed by atoms with van der Waals surface area (Å²) >= 11 is 6.02. The molecule has 0 amide bonds. The van der Waals surface area contributed by atoms with Gasteiger partial charge in [-0.15, -0.1) is 0 Å². The highest BCUT2D eigenvalue weighted by Gasteiger charge is 2.09. The van der Waals surface area contributed by atoms with Gasteiger partial charge in [-0.1, -0.05) is 37.6 Å². The topological polar surface area (TPSA) is 15.3 Å². The van der Waals surface area contributed by atoms with E-state index in [0.29, 0.717) is 6.04 Å². The van der Waals surface area contributed by atoms with Crippen LogP contribution in [0.1, 0.15) is 25.8 Å². The van der Waals surface area contributed by atoms with Crippen LogP contribution < -0.4 is 5.32 Å². The smallest absolute Gasteiger partial charge is 0.0408 e. The molecular weight excluding hydrogens is 244 g/mol. The van der Waals surface area contributed by atoms with Crippen LogP contribution in [-0.4, -0.2) is 37.6 Å². The zero-order valence-corrected chi connectivity index (χ0v) is 12.5. The van der Waals surface area contributed by atoms with Crippen molar-refractivity contribution in [2.75, 3.05) is 26.7 Å². The molecule has 0 radical (unpaired) electrons. The molecule has 0 aliphatic rings. The molecule has 102 valence electrons. The van der Waals surface area contributed by atoms with Crippen molar-refractivity contribution in [3.8, 4) is 0 Å². The first-order valence-corrected chi connectivity index (χ1v) is 7.21. The molecule has 0 aliphatic carbocycles. The molecule has 0 spiro atoms. The summed E-state index contributed by atoms with van der Waals surface area (Å²) in [7, 11) is 2.04. The lowest BCUT2D eigenvalue weighted by Crippen LogP contribution is -2.33. The van der Waals surface area contributed by atoms with E-state index < -0.39 is 0 Å². The second-order valence-corrected chi connectivity index (χ2v) is 5.07. The SMILES string of the molecule is CCN(CC)CCC(Cc1cccc(Cl)c1)NC. The molecule has 1 rings (SSSR count). The number of benzene rings is 1. The van der Waals surface area contributed by atoms with Crippen molar-refractivity contribution in [1.29, 1.82) is 0 Å². The largest absolute Gasteiger partial charge is 0.317 e. The third kappa shape index (κ3) is 5.38. The molecule has 1 N–H and O–H groups in total. The van der Waals surface area contributed by atoms with Gasteiger partial charge in [0.2, 0.25) is 0 Å². The lowest BCUT2D eigenvalue weighted by molar-refractivity contribution is 0.283. The molecule has 3 heteroatoms. The first-order valence-electron chi connectivity index (χ1n) is 6.83. The molecule has 0 fully saturated rings. The van der Waals surface area contributed by atoms with Gasteiger partial charge in [0, 0.05) is 11.1 Å². The third-order valence-corrected chi connectivity index (χ3v) is 3.70.